The van der Waals surface area contributed by atoms with Gasteiger partial charge in [0.15, 0.2) is 0 Å². The molecule has 0 spiro atoms. The van der Waals surface area contributed by atoms with Crippen LogP contribution in [0, 0.1) is 5.92 Å². The smallest absolute Gasteiger partial charge is 0.302 e. The van der Waals surface area contributed by atoms with Crippen molar-refractivity contribution in [3.05, 3.63) is 11.6 Å². The molecule has 0 radical (unpaired) electrons. The number of carbonyl (C=O) groups excluding carboxylic acids is 2. The second-order valence-corrected chi connectivity index (χ2v) is 4.77. The first kappa shape index (κ1) is 16.7. The van der Waals surface area contributed by atoms with Gasteiger partial charge in [-0.3, -0.25) is 9.59 Å². The molecule has 0 saturated carbocycles. The molecule has 0 rings (SSSR count). The van der Waals surface area contributed by atoms with Gasteiger partial charge in [0.1, 0.15) is 6.10 Å². The second kappa shape index (κ2) is 8.72. The summed E-state index contributed by atoms with van der Waals surface area (Å²) in [6.07, 6.45) is 3.28. The van der Waals surface area contributed by atoms with Crippen LogP contribution in [-0.2, 0) is 19.1 Å². The maximum atomic E-state index is 11.1. The van der Waals surface area contributed by atoms with Crippen LogP contribution in [0.25, 0.3) is 0 Å². The standard InChI is InChI=1S/C14H24O4/c1-10(2)6-7-14(18-13(5)16)11(3)8-9-17-12(4)15/h6,11,14H,7-9H2,1-5H3/t11-,14?/m0/s1. The van der Waals surface area contributed by atoms with E-state index >= 15 is 0 Å². The van der Waals surface area contributed by atoms with E-state index in [-0.39, 0.29) is 24.0 Å². The number of esters is 2. The molecule has 4 nitrogen and oxygen atoms in total. The summed E-state index contributed by atoms with van der Waals surface area (Å²) in [4.78, 5) is 21.7. The SMILES string of the molecule is CC(=O)OCC[C@H](C)C(CC=C(C)C)OC(C)=O. The van der Waals surface area contributed by atoms with Crippen molar-refractivity contribution < 1.29 is 19.1 Å². The van der Waals surface area contributed by atoms with Crippen LogP contribution in [0.2, 0.25) is 0 Å². The monoisotopic (exact) mass is 256 g/mol. The van der Waals surface area contributed by atoms with Crippen molar-refractivity contribution in [1.29, 1.82) is 0 Å². The molecule has 0 aromatic carbocycles. The maximum absolute atomic E-state index is 11.1. The summed E-state index contributed by atoms with van der Waals surface area (Å²) in [6, 6.07) is 0. The van der Waals surface area contributed by atoms with Crippen LogP contribution < -0.4 is 0 Å². The summed E-state index contributed by atoms with van der Waals surface area (Å²) in [5.41, 5.74) is 1.19. The third kappa shape index (κ3) is 8.79. The number of hydrogen-bond acceptors (Lipinski definition) is 4. The molecular formula is C14H24O4. The molecule has 0 aliphatic carbocycles. The van der Waals surface area contributed by atoms with Gasteiger partial charge in [-0.05, 0) is 26.2 Å². The molecule has 0 heterocycles. The van der Waals surface area contributed by atoms with Crippen molar-refractivity contribution in [1.82, 2.24) is 0 Å². The molecule has 4 heteroatoms. The predicted octanol–water partition coefficient (Wildman–Crippen LogP) is 2.86. The first-order chi connectivity index (χ1) is 8.32. The van der Waals surface area contributed by atoms with E-state index in [1.807, 2.05) is 20.8 Å². The van der Waals surface area contributed by atoms with Crippen molar-refractivity contribution in [2.24, 2.45) is 5.92 Å². The van der Waals surface area contributed by atoms with Crippen molar-refractivity contribution in [2.75, 3.05) is 6.61 Å². The Kier molecular flexibility index (Phi) is 8.08. The normalized spacial score (nSPS) is 13.4. The van der Waals surface area contributed by atoms with E-state index in [2.05, 4.69) is 6.08 Å². The summed E-state index contributed by atoms with van der Waals surface area (Å²) in [6.45, 7) is 9.17. The third-order valence-electron chi connectivity index (χ3n) is 2.59. The van der Waals surface area contributed by atoms with Gasteiger partial charge in [0.25, 0.3) is 0 Å². The van der Waals surface area contributed by atoms with E-state index in [0.29, 0.717) is 19.4 Å². The fraction of sp³-hybridized carbons (Fsp3) is 0.714. The Bertz CT molecular complexity index is 303. The fourth-order valence-electron chi connectivity index (χ4n) is 1.54. The van der Waals surface area contributed by atoms with Crippen LogP contribution in [0.15, 0.2) is 11.6 Å². The second-order valence-electron chi connectivity index (χ2n) is 4.77. The predicted molar refractivity (Wildman–Crippen MR) is 70.0 cm³/mol. The van der Waals surface area contributed by atoms with Gasteiger partial charge in [0, 0.05) is 20.3 Å². The Labute approximate surface area is 109 Å². The molecule has 0 N–H and O–H groups in total. The van der Waals surface area contributed by atoms with E-state index < -0.39 is 0 Å². The zero-order valence-electron chi connectivity index (χ0n) is 12.0. The molecule has 0 fully saturated rings. The van der Waals surface area contributed by atoms with Gasteiger partial charge in [-0.2, -0.15) is 0 Å². The summed E-state index contributed by atoms with van der Waals surface area (Å²) in [5, 5.41) is 0. The van der Waals surface area contributed by atoms with Gasteiger partial charge in [0.2, 0.25) is 0 Å². The van der Waals surface area contributed by atoms with E-state index in [1.54, 1.807) is 0 Å². The van der Waals surface area contributed by atoms with E-state index in [0.717, 1.165) is 0 Å². The number of allylic oxidation sites excluding steroid dienone is 1. The quantitative estimate of drug-likeness (QED) is 0.519. The molecule has 0 bridgehead atoms. The average molecular weight is 256 g/mol. The highest BCUT2D eigenvalue weighted by Gasteiger charge is 2.19. The lowest BCUT2D eigenvalue weighted by Crippen LogP contribution is -2.25. The van der Waals surface area contributed by atoms with Gasteiger partial charge < -0.3 is 9.47 Å². The lowest BCUT2D eigenvalue weighted by atomic mass is 9.97. The molecule has 18 heavy (non-hydrogen) atoms. The van der Waals surface area contributed by atoms with Crippen molar-refractivity contribution in [3.8, 4) is 0 Å². The molecule has 0 aliphatic rings. The number of ether oxygens (including phenoxy) is 2. The van der Waals surface area contributed by atoms with E-state index in [9.17, 15) is 9.59 Å². The van der Waals surface area contributed by atoms with Gasteiger partial charge in [-0.25, -0.2) is 0 Å². The minimum absolute atomic E-state index is 0.156. The molecule has 0 aromatic heterocycles. The molecular weight excluding hydrogens is 232 g/mol. The Hall–Kier alpha value is -1.32. The van der Waals surface area contributed by atoms with Crippen LogP contribution in [0.4, 0.5) is 0 Å². The van der Waals surface area contributed by atoms with Crippen LogP contribution in [0.5, 0.6) is 0 Å². The minimum Gasteiger partial charge on any atom is -0.466 e. The molecule has 0 aromatic rings. The molecule has 2 atom stereocenters. The highest BCUT2D eigenvalue weighted by Crippen LogP contribution is 2.17. The van der Waals surface area contributed by atoms with Crippen molar-refractivity contribution in [3.63, 3.8) is 0 Å². The average Bonchev–Trinajstić information content (AvgIpc) is 2.22. The van der Waals surface area contributed by atoms with Gasteiger partial charge in [-0.15, -0.1) is 0 Å². The maximum Gasteiger partial charge on any atom is 0.302 e. The third-order valence-corrected chi connectivity index (χ3v) is 2.59. The molecule has 1 unspecified atom stereocenters. The Balaban J connectivity index is 4.30. The molecule has 0 aliphatic heterocycles. The first-order valence-corrected chi connectivity index (χ1v) is 6.26. The van der Waals surface area contributed by atoms with Gasteiger partial charge >= 0.3 is 11.9 Å². The zero-order chi connectivity index (χ0) is 14.1. The molecule has 0 amide bonds. The molecule has 104 valence electrons. The van der Waals surface area contributed by atoms with Crippen LogP contribution in [0.3, 0.4) is 0 Å². The Morgan fingerprint density at radius 3 is 2.17 bits per heavy atom. The number of hydrogen-bond donors (Lipinski definition) is 0. The summed E-state index contributed by atoms with van der Waals surface area (Å²) in [5.74, 6) is -0.402. The fourth-order valence-corrected chi connectivity index (χ4v) is 1.54. The zero-order valence-corrected chi connectivity index (χ0v) is 12.0. The lowest BCUT2D eigenvalue weighted by molar-refractivity contribution is -0.150. The van der Waals surface area contributed by atoms with Gasteiger partial charge in [0.05, 0.1) is 6.61 Å². The van der Waals surface area contributed by atoms with Crippen molar-refractivity contribution >= 4 is 11.9 Å². The van der Waals surface area contributed by atoms with Crippen LogP contribution in [-0.4, -0.2) is 24.6 Å². The number of rotatable bonds is 7. The Morgan fingerprint density at radius 2 is 1.72 bits per heavy atom. The summed E-state index contributed by atoms with van der Waals surface area (Å²) >= 11 is 0. The largest absolute Gasteiger partial charge is 0.466 e. The van der Waals surface area contributed by atoms with E-state index in [4.69, 9.17) is 9.47 Å². The summed E-state index contributed by atoms with van der Waals surface area (Å²) in [7, 11) is 0. The topological polar surface area (TPSA) is 52.6 Å². The van der Waals surface area contributed by atoms with Crippen LogP contribution >= 0.6 is 0 Å². The van der Waals surface area contributed by atoms with Gasteiger partial charge in [-0.1, -0.05) is 18.6 Å². The van der Waals surface area contributed by atoms with Crippen LogP contribution in [0.1, 0.15) is 47.5 Å². The molecule has 0 saturated heterocycles. The lowest BCUT2D eigenvalue weighted by Gasteiger charge is -2.22. The summed E-state index contributed by atoms with van der Waals surface area (Å²) < 4.78 is 10.2. The first-order valence-electron chi connectivity index (χ1n) is 6.26. The minimum atomic E-state index is -0.282. The highest BCUT2D eigenvalue weighted by molar-refractivity contribution is 5.66. The Morgan fingerprint density at radius 1 is 1.11 bits per heavy atom. The highest BCUT2D eigenvalue weighted by atomic mass is 16.5. The van der Waals surface area contributed by atoms with Crippen molar-refractivity contribution in [2.45, 2.75) is 53.6 Å². The van der Waals surface area contributed by atoms with E-state index in [1.165, 1.54) is 19.4 Å². The number of carbonyl (C=O) groups is 2.